The van der Waals surface area contributed by atoms with Crippen molar-refractivity contribution in [3.8, 4) is 0 Å². The van der Waals surface area contributed by atoms with Gasteiger partial charge in [-0.05, 0) is 55.3 Å². The normalized spacial score (nSPS) is 24.6. The van der Waals surface area contributed by atoms with Crippen molar-refractivity contribution >= 4 is 11.6 Å². The van der Waals surface area contributed by atoms with Crippen molar-refractivity contribution in [2.75, 3.05) is 6.54 Å². The Hall–Kier alpha value is -0.600. The Morgan fingerprint density at radius 3 is 2.60 bits per heavy atom. The van der Waals surface area contributed by atoms with Gasteiger partial charge in [0.05, 0.1) is 0 Å². The summed E-state index contributed by atoms with van der Waals surface area (Å²) in [7, 11) is 0. The molecule has 1 N–H and O–H groups in total. The van der Waals surface area contributed by atoms with Crippen molar-refractivity contribution in [2.24, 2.45) is 11.8 Å². The highest BCUT2D eigenvalue weighted by Gasteiger charge is 2.26. The fourth-order valence-electron chi connectivity index (χ4n) is 3.28. The summed E-state index contributed by atoms with van der Waals surface area (Å²) in [5.41, 5.74) is 0.777. The number of hydrogen-bond acceptors (Lipinski definition) is 1. The zero-order chi connectivity index (χ0) is 14.5. The van der Waals surface area contributed by atoms with E-state index >= 15 is 0 Å². The lowest BCUT2D eigenvalue weighted by Crippen LogP contribution is -2.39. The third-order valence-electron chi connectivity index (χ3n) is 4.55. The van der Waals surface area contributed by atoms with Gasteiger partial charge in [-0.1, -0.05) is 44.4 Å². The van der Waals surface area contributed by atoms with Crippen LogP contribution in [0.25, 0.3) is 0 Å². The average Bonchev–Trinajstić information content (AvgIpc) is 2.42. The van der Waals surface area contributed by atoms with Crippen LogP contribution in [0.4, 0.5) is 4.39 Å². The number of benzene rings is 1. The predicted molar refractivity (Wildman–Crippen MR) is 83.7 cm³/mol. The highest BCUT2D eigenvalue weighted by atomic mass is 35.5. The Bertz CT molecular complexity index is 427. The molecule has 112 valence electrons. The Labute approximate surface area is 126 Å². The van der Waals surface area contributed by atoms with Gasteiger partial charge in [0.15, 0.2) is 0 Å². The molecule has 0 aliphatic heterocycles. The molecule has 1 unspecified atom stereocenters. The minimum atomic E-state index is -0.176. The van der Waals surface area contributed by atoms with E-state index in [2.05, 4.69) is 19.2 Å². The van der Waals surface area contributed by atoms with Gasteiger partial charge >= 0.3 is 0 Å². The lowest BCUT2D eigenvalue weighted by Gasteiger charge is -2.33. The molecule has 20 heavy (non-hydrogen) atoms. The molecule has 1 nitrogen and oxygen atoms in total. The molecule has 0 bridgehead atoms. The number of likely N-dealkylation sites (N-methyl/N-ethyl adjacent to an activating group) is 1. The van der Waals surface area contributed by atoms with E-state index in [1.807, 2.05) is 6.07 Å². The van der Waals surface area contributed by atoms with Gasteiger partial charge in [0.1, 0.15) is 5.82 Å². The second-order valence-electron chi connectivity index (χ2n) is 6.12. The smallest absolute Gasteiger partial charge is 0.127 e. The molecule has 1 atom stereocenters. The molecule has 0 amide bonds. The zero-order valence-corrected chi connectivity index (χ0v) is 13.2. The highest BCUT2D eigenvalue weighted by Crippen LogP contribution is 2.32. The molecule has 1 aromatic carbocycles. The molecule has 2 rings (SSSR count). The van der Waals surface area contributed by atoms with Crippen LogP contribution in [0.2, 0.25) is 5.02 Å². The van der Waals surface area contributed by atoms with Crippen molar-refractivity contribution < 1.29 is 4.39 Å². The second kappa shape index (κ2) is 7.42. The monoisotopic (exact) mass is 297 g/mol. The number of nitrogens with one attached hydrogen (secondary N) is 1. The van der Waals surface area contributed by atoms with Crippen LogP contribution < -0.4 is 5.32 Å². The third-order valence-corrected chi connectivity index (χ3v) is 4.79. The van der Waals surface area contributed by atoms with Crippen LogP contribution in [0, 0.1) is 17.7 Å². The van der Waals surface area contributed by atoms with Gasteiger partial charge < -0.3 is 5.32 Å². The molecule has 1 aromatic rings. The molecule has 1 aliphatic rings. The Morgan fingerprint density at radius 1 is 1.30 bits per heavy atom. The van der Waals surface area contributed by atoms with Crippen LogP contribution in [0.1, 0.15) is 45.1 Å². The predicted octanol–water partition coefficient (Wildman–Crippen LogP) is 4.83. The number of halogens is 2. The van der Waals surface area contributed by atoms with Gasteiger partial charge in [0.2, 0.25) is 0 Å². The molecule has 0 heterocycles. The lowest BCUT2D eigenvalue weighted by molar-refractivity contribution is 0.229. The van der Waals surface area contributed by atoms with Gasteiger partial charge in [-0.2, -0.15) is 0 Å². The zero-order valence-electron chi connectivity index (χ0n) is 12.5. The molecule has 0 saturated heterocycles. The van der Waals surface area contributed by atoms with E-state index in [9.17, 15) is 4.39 Å². The number of hydrogen-bond donors (Lipinski definition) is 1. The summed E-state index contributed by atoms with van der Waals surface area (Å²) >= 11 is 5.82. The average molecular weight is 298 g/mol. The first-order valence-electron chi connectivity index (χ1n) is 7.77. The molecular formula is C17H25ClFN. The van der Waals surface area contributed by atoms with E-state index in [0.717, 1.165) is 24.4 Å². The van der Waals surface area contributed by atoms with Gasteiger partial charge in [-0.15, -0.1) is 0 Å². The molecule has 1 saturated carbocycles. The minimum Gasteiger partial charge on any atom is -0.314 e. The maximum Gasteiger partial charge on any atom is 0.127 e. The molecule has 0 spiro atoms. The summed E-state index contributed by atoms with van der Waals surface area (Å²) in [5.74, 6) is 1.34. The van der Waals surface area contributed by atoms with E-state index in [1.54, 1.807) is 6.07 Å². The molecule has 0 aromatic heterocycles. The molecule has 0 radical (unpaired) electrons. The van der Waals surface area contributed by atoms with Crippen LogP contribution in [0.3, 0.4) is 0 Å². The van der Waals surface area contributed by atoms with Gasteiger partial charge in [0, 0.05) is 11.1 Å². The van der Waals surface area contributed by atoms with E-state index < -0.39 is 0 Å². The molecule has 1 aliphatic carbocycles. The SMILES string of the molecule is CCNC(Cc1ccc(Cl)cc1F)C1CCC(C)CC1. The summed E-state index contributed by atoms with van der Waals surface area (Å²) in [5, 5.41) is 4.03. The second-order valence-corrected chi connectivity index (χ2v) is 6.56. The van der Waals surface area contributed by atoms with Crippen molar-refractivity contribution in [2.45, 2.75) is 52.0 Å². The summed E-state index contributed by atoms with van der Waals surface area (Å²) in [6.07, 6.45) is 5.88. The Kier molecular flexibility index (Phi) is 5.86. The van der Waals surface area contributed by atoms with E-state index in [-0.39, 0.29) is 5.82 Å². The van der Waals surface area contributed by atoms with E-state index in [0.29, 0.717) is 17.0 Å². The Morgan fingerprint density at radius 2 is 2.00 bits per heavy atom. The van der Waals surface area contributed by atoms with Gasteiger partial charge in [0.25, 0.3) is 0 Å². The largest absolute Gasteiger partial charge is 0.314 e. The van der Waals surface area contributed by atoms with Crippen LogP contribution in [0.5, 0.6) is 0 Å². The Balaban J connectivity index is 2.04. The fraction of sp³-hybridized carbons (Fsp3) is 0.647. The van der Waals surface area contributed by atoms with Crippen molar-refractivity contribution in [3.63, 3.8) is 0 Å². The first-order valence-corrected chi connectivity index (χ1v) is 8.15. The lowest BCUT2D eigenvalue weighted by atomic mass is 9.77. The maximum absolute atomic E-state index is 14.0. The minimum absolute atomic E-state index is 0.176. The van der Waals surface area contributed by atoms with Gasteiger partial charge in [-0.3, -0.25) is 0 Å². The van der Waals surface area contributed by atoms with Crippen LogP contribution >= 0.6 is 11.6 Å². The molecule has 3 heteroatoms. The van der Waals surface area contributed by atoms with Crippen molar-refractivity contribution in [3.05, 3.63) is 34.6 Å². The summed E-state index contributed by atoms with van der Waals surface area (Å²) < 4.78 is 14.0. The summed E-state index contributed by atoms with van der Waals surface area (Å²) in [6.45, 7) is 5.39. The molecule has 1 fully saturated rings. The van der Waals surface area contributed by atoms with E-state index in [4.69, 9.17) is 11.6 Å². The fourth-order valence-corrected chi connectivity index (χ4v) is 3.44. The highest BCUT2D eigenvalue weighted by molar-refractivity contribution is 6.30. The first-order chi connectivity index (χ1) is 9.60. The van der Waals surface area contributed by atoms with E-state index in [1.165, 1.54) is 31.7 Å². The molecular weight excluding hydrogens is 273 g/mol. The van der Waals surface area contributed by atoms with Crippen LogP contribution in [-0.4, -0.2) is 12.6 Å². The first kappa shape index (κ1) is 15.8. The van der Waals surface area contributed by atoms with Crippen LogP contribution in [-0.2, 0) is 6.42 Å². The quantitative estimate of drug-likeness (QED) is 0.821. The van der Waals surface area contributed by atoms with Gasteiger partial charge in [-0.25, -0.2) is 4.39 Å². The number of rotatable bonds is 5. The van der Waals surface area contributed by atoms with Crippen molar-refractivity contribution in [1.82, 2.24) is 5.32 Å². The summed E-state index contributed by atoms with van der Waals surface area (Å²) in [4.78, 5) is 0. The topological polar surface area (TPSA) is 12.0 Å². The van der Waals surface area contributed by atoms with Crippen LogP contribution in [0.15, 0.2) is 18.2 Å². The van der Waals surface area contributed by atoms with Crippen molar-refractivity contribution in [1.29, 1.82) is 0 Å². The maximum atomic E-state index is 14.0. The summed E-state index contributed by atoms with van der Waals surface area (Å²) in [6, 6.07) is 5.41. The standard InChI is InChI=1S/C17H25ClFN/c1-3-20-17(13-6-4-12(2)5-7-13)10-14-8-9-15(18)11-16(14)19/h8-9,11-13,17,20H,3-7,10H2,1-2H3. The third kappa shape index (κ3) is 4.20.